The van der Waals surface area contributed by atoms with Crippen LogP contribution in [-0.4, -0.2) is 86.4 Å². The second-order valence-corrected chi connectivity index (χ2v) is 13.4. The Bertz CT molecular complexity index is 1540. The second-order valence-electron chi connectivity index (χ2n) is 13.4. The van der Waals surface area contributed by atoms with Crippen LogP contribution in [0, 0.1) is 18.3 Å². The van der Waals surface area contributed by atoms with E-state index < -0.39 is 0 Å². The van der Waals surface area contributed by atoms with Gasteiger partial charge in [-0.3, -0.25) is 9.69 Å². The molecule has 2 aliphatic rings. The van der Waals surface area contributed by atoms with Crippen molar-refractivity contribution in [3.05, 3.63) is 77.0 Å². The van der Waals surface area contributed by atoms with Crippen LogP contribution in [0.15, 0.2) is 54.6 Å². The zero-order valence-electron chi connectivity index (χ0n) is 29.5. The summed E-state index contributed by atoms with van der Waals surface area (Å²) >= 11 is 0. The number of amides is 1. The standard InChI is InChI=1S/C39H53N7O3/c1-29(6-15-39(48)41-3)42-28-34-26-35(10-13-37(34)47)45-23-21-44(22-24-45)18-4-5-25-49-36-11-7-31(8-12-36)32-16-19-46(20-17-32)38-14-9-33(27-40)30(2)43-38/h7-14,26,29,32,42,47H,4-6,15-25,28H2,1-3H3,(H,41,48). The number of phenolic OH excluding ortho intramolecular Hbond substituents is 1. The van der Waals surface area contributed by atoms with Crippen LogP contribution in [-0.2, 0) is 11.3 Å². The average Bonchev–Trinajstić information content (AvgIpc) is 3.14. The number of carbonyl (C=O) groups is 1. The second kappa shape index (κ2) is 17.9. The van der Waals surface area contributed by atoms with Crippen molar-refractivity contribution in [2.24, 2.45) is 0 Å². The number of unbranched alkanes of at least 4 members (excludes halogenated alkanes) is 1. The number of anilines is 2. The maximum Gasteiger partial charge on any atom is 0.219 e. The van der Waals surface area contributed by atoms with Gasteiger partial charge in [0.25, 0.3) is 0 Å². The molecule has 0 radical (unpaired) electrons. The number of nitriles is 1. The third kappa shape index (κ3) is 10.3. The Morgan fingerprint density at radius 3 is 2.47 bits per heavy atom. The number of phenols is 1. The van der Waals surface area contributed by atoms with Gasteiger partial charge in [0.1, 0.15) is 23.4 Å². The zero-order valence-corrected chi connectivity index (χ0v) is 29.5. The van der Waals surface area contributed by atoms with Crippen molar-refractivity contribution in [2.45, 2.75) is 70.9 Å². The summed E-state index contributed by atoms with van der Waals surface area (Å²) < 4.78 is 6.09. The topological polar surface area (TPSA) is 117 Å². The molecule has 262 valence electrons. The van der Waals surface area contributed by atoms with E-state index in [0.29, 0.717) is 30.2 Å². The predicted octanol–water partition coefficient (Wildman–Crippen LogP) is 5.34. The minimum absolute atomic E-state index is 0.0478. The normalized spacial score (nSPS) is 16.3. The minimum atomic E-state index is 0.0478. The number of carbonyl (C=O) groups excluding carboxylic acids is 1. The number of hydrogen-bond donors (Lipinski definition) is 3. The van der Waals surface area contributed by atoms with Crippen molar-refractivity contribution in [3.8, 4) is 17.6 Å². The van der Waals surface area contributed by atoms with E-state index in [1.807, 2.05) is 25.1 Å². The van der Waals surface area contributed by atoms with Gasteiger partial charge in [-0.25, -0.2) is 4.98 Å². The maximum atomic E-state index is 11.5. The van der Waals surface area contributed by atoms with Crippen LogP contribution < -0.4 is 25.2 Å². The lowest BCUT2D eigenvalue weighted by Crippen LogP contribution is -2.46. The predicted molar refractivity (Wildman–Crippen MR) is 195 cm³/mol. The van der Waals surface area contributed by atoms with Crippen LogP contribution in [0.3, 0.4) is 0 Å². The van der Waals surface area contributed by atoms with E-state index in [-0.39, 0.29) is 11.9 Å². The highest BCUT2D eigenvalue weighted by atomic mass is 16.5. The van der Waals surface area contributed by atoms with E-state index in [1.54, 1.807) is 13.1 Å². The van der Waals surface area contributed by atoms with E-state index >= 15 is 0 Å². The molecule has 2 aromatic carbocycles. The van der Waals surface area contributed by atoms with E-state index in [0.717, 1.165) is 113 Å². The molecule has 0 aliphatic carbocycles. The van der Waals surface area contributed by atoms with Gasteiger partial charge in [-0.1, -0.05) is 12.1 Å². The molecule has 49 heavy (non-hydrogen) atoms. The Hall–Kier alpha value is -4.33. The van der Waals surface area contributed by atoms with Crippen LogP contribution in [0.1, 0.15) is 73.8 Å². The highest BCUT2D eigenvalue weighted by Crippen LogP contribution is 2.31. The van der Waals surface area contributed by atoms with Gasteiger partial charge >= 0.3 is 0 Å². The zero-order chi connectivity index (χ0) is 34.6. The Morgan fingerprint density at radius 2 is 1.78 bits per heavy atom. The molecule has 1 unspecified atom stereocenters. The number of nitrogens with one attached hydrogen (secondary N) is 2. The third-order valence-corrected chi connectivity index (χ3v) is 10.0. The average molecular weight is 668 g/mol. The third-order valence-electron chi connectivity index (χ3n) is 10.0. The minimum Gasteiger partial charge on any atom is -0.508 e. The van der Waals surface area contributed by atoms with E-state index in [2.05, 4.69) is 73.6 Å². The van der Waals surface area contributed by atoms with Crippen LogP contribution in [0.4, 0.5) is 11.5 Å². The number of benzene rings is 2. The first-order valence-electron chi connectivity index (χ1n) is 17.9. The number of aromatic hydroxyl groups is 1. The molecule has 5 rings (SSSR count). The molecule has 1 atom stereocenters. The smallest absolute Gasteiger partial charge is 0.219 e. The number of pyridine rings is 1. The van der Waals surface area contributed by atoms with Crippen LogP contribution in [0.25, 0.3) is 0 Å². The quantitative estimate of drug-likeness (QED) is 0.185. The summed E-state index contributed by atoms with van der Waals surface area (Å²) in [5.41, 5.74) is 4.84. The Labute approximate surface area is 292 Å². The molecule has 1 aromatic heterocycles. The summed E-state index contributed by atoms with van der Waals surface area (Å²) in [5, 5.41) is 25.7. The van der Waals surface area contributed by atoms with Crippen molar-refractivity contribution in [1.82, 2.24) is 20.5 Å². The molecule has 10 heteroatoms. The van der Waals surface area contributed by atoms with Gasteiger partial charge in [0.15, 0.2) is 0 Å². The molecule has 2 saturated heterocycles. The van der Waals surface area contributed by atoms with Crippen LogP contribution in [0.2, 0.25) is 0 Å². The van der Waals surface area contributed by atoms with Crippen molar-refractivity contribution in [1.29, 1.82) is 5.26 Å². The number of nitrogens with zero attached hydrogens (tertiary/aromatic N) is 5. The van der Waals surface area contributed by atoms with Gasteiger partial charge in [0.05, 0.1) is 17.9 Å². The Kier molecular flexibility index (Phi) is 13.1. The van der Waals surface area contributed by atoms with Crippen molar-refractivity contribution in [3.63, 3.8) is 0 Å². The maximum absolute atomic E-state index is 11.5. The summed E-state index contributed by atoms with van der Waals surface area (Å²) in [5.74, 6) is 2.80. The molecule has 1 amide bonds. The van der Waals surface area contributed by atoms with E-state index in [1.165, 1.54) is 5.56 Å². The summed E-state index contributed by atoms with van der Waals surface area (Å²) in [6, 6.07) is 20.8. The SMILES string of the molecule is CNC(=O)CCC(C)NCc1cc(N2CCN(CCCCOc3ccc(C4CCN(c5ccc(C#N)c(C)n5)CC4)cc3)CC2)ccc1O. The van der Waals surface area contributed by atoms with Gasteiger partial charge in [-0.05, 0) is 106 Å². The van der Waals surface area contributed by atoms with Crippen molar-refractivity contribution in [2.75, 3.05) is 69.3 Å². The van der Waals surface area contributed by atoms with Gasteiger partial charge in [0.2, 0.25) is 5.91 Å². The summed E-state index contributed by atoms with van der Waals surface area (Å²) in [6.45, 7) is 12.3. The molecule has 0 spiro atoms. The first kappa shape index (κ1) is 36.0. The molecule has 3 N–H and O–H groups in total. The fourth-order valence-corrected chi connectivity index (χ4v) is 6.75. The molecular weight excluding hydrogens is 614 g/mol. The lowest BCUT2D eigenvalue weighted by Gasteiger charge is -2.36. The number of hydrogen-bond acceptors (Lipinski definition) is 9. The molecule has 2 aliphatic heterocycles. The van der Waals surface area contributed by atoms with Gasteiger partial charge in [-0.15, -0.1) is 0 Å². The number of aryl methyl sites for hydroxylation is 1. The van der Waals surface area contributed by atoms with Crippen molar-refractivity contribution < 1.29 is 14.6 Å². The Morgan fingerprint density at radius 1 is 1.02 bits per heavy atom. The molecule has 10 nitrogen and oxygen atoms in total. The fraction of sp³-hybridized carbons (Fsp3) is 0.513. The highest BCUT2D eigenvalue weighted by Gasteiger charge is 2.22. The summed E-state index contributed by atoms with van der Waals surface area (Å²) in [7, 11) is 1.66. The van der Waals surface area contributed by atoms with Gasteiger partial charge in [-0.2, -0.15) is 5.26 Å². The molecule has 0 bridgehead atoms. The molecule has 2 fully saturated rings. The first-order chi connectivity index (χ1) is 23.8. The summed E-state index contributed by atoms with van der Waals surface area (Å²) in [4.78, 5) is 23.4. The number of aromatic nitrogens is 1. The van der Waals surface area contributed by atoms with Crippen LogP contribution >= 0.6 is 0 Å². The molecule has 0 saturated carbocycles. The number of rotatable bonds is 15. The van der Waals surface area contributed by atoms with E-state index in [9.17, 15) is 15.2 Å². The summed E-state index contributed by atoms with van der Waals surface area (Å²) in [6.07, 6.45) is 5.56. The molecule has 3 heterocycles. The lowest BCUT2D eigenvalue weighted by atomic mass is 9.89. The molecular formula is C39H53N7O3. The fourth-order valence-electron chi connectivity index (χ4n) is 6.75. The number of piperidine rings is 1. The monoisotopic (exact) mass is 667 g/mol. The van der Waals surface area contributed by atoms with E-state index in [4.69, 9.17) is 4.74 Å². The first-order valence-corrected chi connectivity index (χ1v) is 17.9. The highest BCUT2D eigenvalue weighted by molar-refractivity contribution is 5.75. The Balaban J connectivity index is 0.959. The van der Waals surface area contributed by atoms with Crippen LogP contribution in [0.5, 0.6) is 11.5 Å². The molecule has 3 aromatic rings. The van der Waals surface area contributed by atoms with Gasteiger partial charge < -0.3 is 30.3 Å². The number of ether oxygens (including phenoxy) is 1. The number of piperazine rings is 1. The van der Waals surface area contributed by atoms with Crippen molar-refractivity contribution >= 4 is 17.4 Å². The largest absolute Gasteiger partial charge is 0.508 e. The van der Waals surface area contributed by atoms with Gasteiger partial charge in [0, 0.05) is 76.6 Å². The lowest BCUT2D eigenvalue weighted by molar-refractivity contribution is -0.120.